The van der Waals surface area contributed by atoms with Crippen molar-refractivity contribution in [3.63, 3.8) is 0 Å². The molecule has 1 atom stereocenters. The van der Waals surface area contributed by atoms with Crippen LogP contribution in [0.4, 0.5) is 5.69 Å². The van der Waals surface area contributed by atoms with E-state index in [1.807, 2.05) is 25.1 Å². The molecule has 0 saturated heterocycles. The molecule has 0 aliphatic heterocycles. The minimum atomic E-state index is -0.206. The smallest absolute Gasteiger partial charge is 0.243 e. The highest BCUT2D eigenvalue weighted by molar-refractivity contribution is 5.94. The van der Waals surface area contributed by atoms with Crippen LogP contribution in [0.1, 0.15) is 13.3 Å². The number of nitrogens with two attached hydrogens (primary N) is 1. The minimum absolute atomic E-state index is 0.0443. The van der Waals surface area contributed by atoms with E-state index >= 15 is 0 Å². The number of anilines is 1. The van der Waals surface area contributed by atoms with E-state index in [9.17, 15) is 9.59 Å². The van der Waals surface area contributed by atoms with Crippen molar-refractivity contribution in [2.24, 2.45) is 11.7 Å². The summed E-state index contributed by atoms with van der Waals surface area (Å²) in [6.07, 6.45) is 0.628. The fourth-order valence-electron chi connectivity index (χ4n) is 1.77. The number of likely N-dealkylation sites (N-methyl/N-ethyl adjacent to an activating group) is 1. The maximum Gasteiger partial charge on any atom is 0.243 e. The van der Waals surface area contributed by atoms with Gasteiger partial charge in [-0.15, -0.1) is 0 Å². The molecule has 0 bridgehead atoms. The zero-order chi connectivity index (χ0) is 14.3. The van der Waals surface area contributed by atoms with E-state index in [0.29, 0.717) is 13.0 Å². The Balaban J connectivity index is 2.46. The summed E-state index contributed by atoms with van der Waals surface area (Å²) >= 11 is 0. The summed E-state index contributed by atoms with van der Waals surface area (Å²) in [5, 5.41) is 2.74. The Morgan fingerprint density at radius 3 is 2.53 bits per heavy atom. The van der Waals surface area contributed by atoms with Crippen molar-refractivity contribution >= 4 is 17.5 Å². The van der Waals surface area contributed by atoms with Gasteiger partial charge in [0.2, 0.25) is 11.8 Å². The Morgan fingerprint density at radius 2 is 1.95 bits per heavy atom. The number of nitrogens with zero attached hydrogens (tertiary/aromatic N) is 1. The number of benzene rings is 1. The maximum absolute atomic E-state index is 11.9. The summed E-state index contributed by atoms with van der Waals surface area (Å²) in [4.78, 5) is 25.1. The fourth-order valence-corrected chi connectivity index (χ4v) is 1.77. The second kappa shape index (κ2) is 7.53. The van der Waals surface area contributed by atoms with Crippen molar-refractivity contribution in [3.8, 4) is 0 Å². The number of carbonyl (C=O) groups is 2. The zero-order valence-corrected chi connectivity index (χ0v) is 11.4. The van der Waals surface area contributed by atoms with Gasteiger partial charge in [-0.1, -0.05) is 25.1 Å². The van der Waals surface area contributed by atoms with Crippen LogP contribution in [0.2, 0.25) is 0 Å². The van der Waals surface area contributed by atoms with Crippen LogP contribution >= 0.6 is 0 Å². The number of amides is 2. The van der Waals surface area contributed by atoms with E-state index in [0.717, 1.165) is 5.69 Å². The summed E-state index contributed by atoms with van der Waals surface area (Å²) in [5.41, 5.74) is 6.15. The molecule has 1 rings (SSSR count). The third-order valence-corrected chi connectivity index (χ3v) is 2.84. The van der Waals surface area contributed by atoms with Crippen molar-refractivity contribution in [2.45, 2.75) is 13.3 Å². The lowest BCUT2D eigenvalue weighted by atomic mass is 10.1. The molecule has 5 nitrogen and oxygen atoms in total. The van der Waals surface area contributed by atoms with Crippen LogP contribution in [0.15, 0.2) is 30.3 Å². The quantitative estimate of drug-likeness (QED) is 0.806. The topological polar surface area (TPSA) is 75.4 Å². The van der Waals surface area contributed by atoms with Crippen molar-refractivity contribution in [2.75, 3.05) is 25.5 Å². The summed E-state index contributed by atoms with van der Waals surface area (Å²) < 4.78 is 0. The normalized spacial score (nSPS) is 11.7. The maximum atomic E-state index is 11.9. The molecule has 0 aliphatic carbocycles. The zero-order valence-electron chi connectivity index (χ0n) is 11.4. The molecule has 1 aromatic carbocycles. The Kier molecular flexibility index (Phi) is 6.02. The molecule has 0 aromatic heterocycles. The molecule has 0 heterocycles. The average molecular weight is 263 g/mol. The second-order valence-corrected chi connectivity index (χ2v) is 4.59. The number of rotatable bonds is 6. The van der Waals surface area contributed by atoms with Gasteiger partial charge in [-0.05, 0) is 25.1 Å². The monoisotopic (exact) mass is 263 g/mol. The van der Waals surface area contributed by atoms with Gasteiger partial charge >= 0.3 is 0 Å². The average Bonchev–Trinajstić information content (AvgIpc) is 2.39. The SMILES string of the molecule is CC(CCN)C(=O)N(C)CC(=O)Nc1ccccc1. The van der Waals surface area contributed by atoms with E-state index in [-0.39, 0.29) is 24.3 Å². The Hall–Kier alpha value is -1.88. The largest absolute Gasteiger partial charge is 0.336 e. The molecule has 104 valence electrons. The molecule has 0 saturated carbocycles. The lowest BCUT2D eigenvalue weighted by Crippen LogP contribution is -2.38. The number of para-hydroxylation sites is 1. The summed E-state index contributed by atoms with van der Waals surface area (Å²) in [6.45, 7) is 2.33. The van der Waals surface area contributed by atoms with Gasteiger partial charge in [0, 0.05) is 18.7 Å². The number of nitrogens with one attached hydrogen (secondary N) is 1. The van der Waals surface area contributed by atoms with Crippen molar-refractivity contribution < 1.29 is 9.59 Å². The first-order chi connectivity index (χ1) is 9.04. The summed E-state index contributed by atoms with van der Waals surface area (Å²) in [5.74, 6) is -0.421. The molecule has 1 unspecified atom stereocenters. The third kappa shape index (κ3) is 5.09. The fraction of sp³-hybridized carbons (Fsp3) is 0.429. The standard InChI is InChI=1S/C14H21N3O2/c1-11(8-9-15)14(19)17(2)10-13(18)16-12-6-4-3-5-7-12/h3-7,11H,8-10,15H2,1-2H3,(H,16,18). The van der Waals surface area contributed by atoms with Crippen molar-refractivity contribution in [3.05, 3.63) is 30.3 Å². The first kappa shape index (κ1) is 15.2. The molecule has 0 aliphatic rings. The van der Waals surface area contributed by atoms with Gasteiger partial charge < -0.3 is 16.0 Å². The van der Waals surface area contributed by atoms with E-state index < -0.39 is 0 Å². The van der Waals surface area contributed by atoms with E-state index in [2.05, 4.69) is 5.32 Å². The van der Waals surface area contributed by atoms with Gasteiger partial charge in [0.15, 0.2) is 0 Å². The predicted molar refractivity (Wildman–Crippen MR) is 75.5 cm³/mol. The van der Waals surface area contributed by atoms with Crippen LogP contribution in [-0.4, -0.2) is 36.9 Å². The predicted octanol–water partition coefficient (Wildman–Crippen LogP) is 1.07. The summed E-state index contributed by atoms with van der Waals surface area (Å²) in [6, 6.07) is 9.16. The second-order valence-electron chi connectivity index (χ2n) is 4.59. The van der Waals surface area contributed by atoms with E-state index in [1.54, 1.807) is 19.2 Å². The third-order valence-electron chi connectivity index (χ3n) is 2.84. The highest BCUT2D eigenvalue weighted by atomic mass is 16.2. The Morgan fingerprint density at radius 1 is 1.32 bits per heavy atom. The van der Waals surface area contributed by atoms with Crippen LogP contribution in [0.25, 0.3) is 0 Å². The van der Waals surface area contributed by atoms with Crippen LogP contribution < -0.4 is 11.1 Å². The molecule has 5 heteroatoms. The molecule has 1 aromatic rings. The molecular weight excluding hydrogens is 242 g/mol. The molecule has 0 fully saturated rings. The molecule has 0 spiro atoms. The number of hydrogen-bond acceptors (Lipinski definition) is 3. The van der Waals surface area contributed by atoms with Crippen LogP contribution in [0.3, 0.4) is 0 Å². The lowest BCUT2D eigenvalue weighted by Gasteiger charge is -2.20. The Labute approximate surface area is 113 Å². The van der Waals surface area contributed by atoms with Crippen molar-refractivity contribution in [1.82, 2.24) is 4.90 Å². The molecule has 3 N–H and O–H groups in total. The van der Waals surface area contributed by atoms with Crippen molar-refractivity contribution in [1.29, 1.82) is 0 Å². The van der Waals surface area contributed by atoms with Gasteiger partial charge in [-0.3, -0.25) is 9.59 Å². The van der Waals surface area contributed by atoms with E-state index in [4.69, 9.17) is 5.73 Å². The Bertz CT molecular complexity index is 420. The lowest BCUT2D eigenvalue weighted by molar-refractivity contribution is -0.136. The molecular formula is C14H21N3O2. The van der Waals surface area contributed by atoms with Crippen LogP contribution in [0, 0.1) is 5.92 Å². The van der Waals surface area contributed by atoms with Gasteiger partial charge in [0.25, 0.3) is 0 Å². The highest BCUT2D eigenvalue weighted by Gasteiger charge is 2.18. The van der Waals surface area contributed by atoms with Gasteiger partial charge in [-0.2, -0.15) is 0 Å². The first-order valence-corrected chi connectivity index (χ1v) is 6.34. The van der Waals surface area contributed by atoms with Crippen LogP contribution in [-0.2, 0) is 9.59 Å². The number of hydrogen-bond donors (Lipinski definition) is 2. The number of carbonyl (C=O) groups excluding carboxylic acids is 2. The summed E-state index contributed by atoms with van der Waals surface area (Å²) in [7, 11) is 1.62. The molecule has 2 amide bonds. The van der Waals surface area contributed by atoms with Gasteiger partial charge in [0.1, 0.15) is 0 Å². The molecule has 19 heavy (non-hydrogen) atoms. The highest BCUT2D eigenvalue weighted by Crippen LogP contribution is 2.07. The van der Waals surface area contributed by atoms with Crippen LogP contribution in [0.5, 0.6) is 0 Å². The first-order valence-electron chi connectivity index (χ1n) is 6.34. The van der Waals surface area contributed by atoms with E-state index in [1.165, 1.54) is 4.90 Å². The minimum Gasteiger partial charge on any atom is -0.336 e. The van der Waals surface area contributed by atoms with Gasteiger partial charge in [-0.25, -0.2) is 0 Å². The van der Waals surface area contributed by atoms with Gasteiger partial charge in [0.05, 0.1) is 6.54 Å². The molecule has 0 radical (unpaired) electrons.